The number of nitrogens with one attached hydrogen (secondary N) is 1. The molecule has 3 N–H and O–H groups in total. The van der Waals surface area contributed by atoms with E-state index in [0.29, 0.717) is 11.3 Å². The maximum absolute atomic E-state index is 14.0. The fourth-order valence-corrected chi connectivity index (χ4v) is 3.86. The van der Waals surface area contributed by atoms with Crippen LogP contribution in [0.3, 0.4) is 0 Å². The molecule has 30 heavy (non-hydrogen) atoms. The van der Waals surface area contributed by atoms with Crippen LogP contribution in [0.2, 0.25) is 0 Å². The molecular formula is C23H25F3N2O2. The summed E-state index contributed by atoms with van der Waals surface area (Å²) in [7, 11) is 0. The zero-order valence-electron chi connectivity index (χ0n) is 17.1. The van der Waals surface area contributed by atoms with E-state index in [1.807, 2.05) is 6.07 Å². The molecule has 0 saturated heterocycles. The third kappa shape index (κ3) is 4.51. The number of aryl methyl sites for hydroxylation is 1. The highest BCUT2D eigenvalue weighted by Gasteiger charge is 2.56. The third-order valence-corrected chi connectivity index (χ3v) is 5.36. The minimum absolute atomic E-state index is 0.118. The van der Waals surface area contributed by atoms with E-state index in [9.17, 15) is 23.4 Å². The van der Waals surface area contributed by atoms with Gasteiger partial charge in [-0.05, 0) is 54.7 Å². The lowest BCUT2D eigenvalue weighted by Crippen LogP contribution is -2.50. The molecule has 2 heterocycles. The topological polar surface area (TPSA) is 69.1 Å². The molecule has 0 aliphatic rings. The van der Waals surface area contributed by atoms with Gasteiger partial charge < -0.3 is 15.2 Å². The number of aromatic nitrogens is 2. The van der Waals surface area contributed by atoms with Gasteiger partial charge in [-0.15, -0.1) is 0 Å². The Balaban J connectivity index is 1.98. The minimum atomic E-state index is -4.85. The summed E-state index contributed by atoms with van der Waals surface area (Å²) < 4.78 is 41.9. The summed E-state index contributed by atoms with van der Waals surface area (Å²) in [4.78, 5) is 6.92. The molecule has 1 atom stereocenters. The summed E-state index contributed by atoms with van der Waals surface area (Å²) in [6, 6.07) is 11.6. The predicted octanol–water partition coefficient (Wildman–Crippen LogP) is 5.29. The van der Waals surface area contributed by atoms with Crippen LogP contribution in [-0.2, 0) is 11.8 Å². The molecular weight excluding hydrogens is 393 g/mol. The maximum atomic E-state index is 14.0. The monoisotopic (exact) mass is 418 g/mol. The first-order valence-corrected chi connectivity index (χ1v) is 9.59. The number of aromatic amines is 1. The standard InChI is InChI=1S/C23H25F3N2O2/c1-15-6-8-18(28-15)12-22(30,23(24,25)26)14-21(2,3)19-11-16(7-9-20(19)29)17-5-4-10-27-13-17/h4-11,13,28-30H,12,14H2,1-3H3. The molecule has 0 amide bonds. The Morgan fingerprint density at radius 1 is 1.03 bits per heavy atom. The number of H-pyrrole nitrogens is 1. The van der Waals surface area contributed by atoms with E-state index in [0.717, 1.165) is 16.8 Å². The second-order valence-corrected chi connectivity index (χ2v) is 8.41. The van der Waals surface area contributed by atoms with E-state index < -0.39 is 30.0 Å². The van der Waals surface area contributed by atoms with E-state index in [1.54, 1.807) is 63.5 Å². The molecule has 160 valence electrons. The van der Waals surface area contributed by atoms with Crippen molar-refractivity contribution in [3.8, 4) is 16.9 Å². The van der Waals surface area contributed by atoms with Gasteiger partial charge in [-0.2, -0.15) is 13.2 Å². The van der Waals surface area contributed by atoms with E-state index in [-0.39, 0.29) is 5.75 Å². The average molecular weight is 418 g/mol. The van der Waals surface area contributed by atoms with Crippen LogP contribution in [0.15, 0.2) is 54.9 Å². The number of alkyl halides is 3. The second kappa shape index (κ2) is 7.80. The van der Waals surface area contributed by atoms with Gasteiger partial charge in [-0.3, -0.25) is 4.98 Å². The van der Waals surface area contributed by atoms with Gasteiger partial charge in [-0.25, -0.2) is 0 Å². The summed E-state index contributed by atoms with van der Waals surface area (Å²) in [5.41, 5.74) is -1.29. The summed E-state index contributed by atoms with van der Waals surface area (Å²) in [5.74, 6) is -0.118. The van der Waals surface area contributed by atoms with Crippen LogP contribution in [0.4, 0.5) is 13.2 Å². The third-order valence-electron chi connectivity index (χ3n) is 5.36. The first kappa shape index (κ1) is 21.9. The van der Waals surface area contributed by atoms with Crippen molar-refractivity contribution in [2.24, 2.45) is 0 Å². The smallest absolute Gasteiger partial charge is 0.417 e. The van der Waals surface area contributed by atoms with E-state index in [1.165, 1.54) is 6.07 Å². The van der Waals surface area contributed by atoms with Gasteiger partial charge in [0.05, 0.1) is 0 Å². The molecule has 0 saturated carbocycles. The first-order valence-electron chi connectivity index (χ1n) is 9.59. The van der Waals surface area contributed by atoms with Crippen LogP contribution >= 0.6 is 0 Å². The van der Waals surface area contributed by atoms with Crippen LogP contribution in [0, 0.1) is 6.92 Å². The fourth-order valence-electron chi connectivity index (χ4n) is 3.86. The van der Waals surface area contributed by atoms with E-state index >= 15 is 0 Å². The van der Waals surface area contributed by atoms with Crippen molar-refractivity contribution < 1.29 is 23.4 Å². The van der Waals surface area contributed by atoms with Gasteiger partial charge in [0, 0.05) is 41.3 Å². The van der Waals surface area contributed by atoms with Gasteiger partial charge >= 0.3 is 6.18 Å². The van der Waals surface area contributed by atoms with Crippen LogP contribution in [0.1, 0.15) is 37.2 Å². The van der Waals surface area contributed by atoms with Gasteiger partial charge in [0.2, 0.25) is 0 Å². The van der Waals surface area contributed by atoms with Crippen molar-refractivity contribution >= 4 is 0 Å². The number of phenolic OH excluding ortho intramolecular Hbond substituents is 1. The lowest BCUT2D eigenvalue weighted by atomic mass is 9.72. The second-order valence-electron chi connectivity index (χ2n) is 8.41. The molecule has 4 nitrogen and oxygen atoms in total. The highest BCUT2D eigenvalue weighted by atomic mass is 19.4. The fraction of sp³-hybridized carbons (Fsp3) is 0.348. The van der Waals surface area contributed by atoms with Crippen molar-refractivity contribution in [2.45, 2.75) is 50.8 Å². The largest absolute Gasteiger partial charge is 0.508 e. The predicted molar refractivity (Wildman–Crippen MR) is 109 cm³/mol. The van der Waals surface area contributed by atoms with Crippen molar-refractivity contribution in [2.75, 3.05) is 0 Å². The van der Waals surface area contributed by atoms with Gasteiger partial charge in [0.1, 0.15) is 5.75 Å². The summed E-state index contributed by atoms with van der Waals surface area (Å²) in [6.07, 6.45) is -2.80. The molecule has 0 aliphatic carbocycles. The van der Waals surface area contributed by atoms with Gasteiger partial charge in [-0.1, -0.05) is 26.0 Å². The number of benzene rings is 1. The molecule has 7 heteroatoms. The molecule has 0 aliphatic heterocycles. The molecule has 3 rings (SSSR count). The Hall–Kier alpha value is -2.80. The van der Waals surface area contributed by atoms with Gasteiger partial charge in [0.25, 0.3) is 0 Å². The molecule has 0 bridgehead atoms. The molecule has 0 spiro atoms. The Kier molecular flexibility index (Phi) is 5.69. The Labute approximate surface area is 173 Å². The highest BCUT2D eigenvalue weighted by Crippen LogP contribution is 2.45. The number of hydrogen-bond donors (Lipinski definition) is 3. The van der Waals surface area contributed by atoms with Crippen molar-refractivity contribution in [3.05, 3.63) is 71.8 Å². The number of pyridine rings is 1. The lowest BCUT2D eigenvalue weighted by molar-refractivity contribution is -0.266. The van der Waals surface area contributed by atoms with Crippen LogP contribution in [-0.4, -0.2) is 32.0 Å². The number of nitrogens with zero attached hydrogens (tertiary/aromatic N) is 1. The van der Waals surface area contributed by atoms with E-state index in [4.69, 9.17) is 0 Å². The Morgan fingerprint density at radius 2 is 1.77 bits per heavy atom. The maximum Gasteiger partial charge on any atom is 0.417 e. The number of aliphatic hydroxyl groups is 1. The van der Waals surface area contributed by atoms with Crippen LogP contribution < -0.4 is 0 Å². The quantitative estimate of drug-likeness (QED) is 0.509. The Bertz CT molecular complexity index is 1010. The number of phenols is 1. The number of aromatic hydroxyl groups is 1. The lowest BCUT2D eigenvalue weighted by Gasteiger charge is -2.38. The number of halogens is 3. The van der Waals surface area contributed by atoms with E-state index in [2.05, 4.69) is 9.97 Å². The van der Waals surface area contributed by atoms with Gasteiger partial charge in [0.15, 0.2) is 5.60 Å². The number of rotatable bonds is 6. The number of hydrogen-bond acceptors (Lipinski definition) is 3. The van der Waals surface area contributed by atoms with Crippen molar-refractivity contribution in [1.29, 1.82) is 0 Å². The SMILES string of the molecule is Cc1ccc(CC(O)(CC(C)(C)c2cc(-c3cccnc3)ccc2O)C(F)(F)F)[nH]1. The van der Waals surface area contributed by atoms with Crippen molar-refractivity contribution in [1.82, 2.24) is 9.97 Å². The Morgan fingerprint density at radius 3 is 2.33 bits per heavy atom. The highest BCUT2D eigenvalue weighted by molar-refractivity contribution is 5.65. The summed E-state index contributed by atoms with van der Waals surface area (Å²) in [5, 5.41) is 21.2. The van der Waals surface area contributed by atoms with Crippen LogP contribution in [0.5, 0.6) is 5.75 Å². The molecule has 1 aromatic carbocycles. The average Bonchev–Trinajstić information content (AvgIpc) is 3.05. The molecule has 3 aromatic rings. The molecule has 1 unspecified atom stereocenters. The summed E-state index contributed by atoms with van der Waals surface area (Å²) >= 11 is 0. The van der Waals surface area contributed by atoms with Crippen molar-refractivity contribution in [3.63, 3.8) is 0 Å². The zero-order valence-corrected chi connectivity index (χ0v) is 17.1. The first-order chi connectivity index (χ1) is 13.9. The summed E-state index contributed by atoms with van der Waals surface area (Å²) in [6.45, 7) is 4.92. The molecule has 2 aromatic heterocycles. The zero-order chi connectivity index (χ0) is 22.2. The normalized spacial score (nSPS) is 14.5. The molecule has 0 fully saturated rings. The minimum Gasteiger partial charge on any atom is -0.508 e. The molecule has 0 radical (unpaired) electrons. The van der Waals surface area contributed by atoms with Crippen LogP contribution in [0.25, 0.3) is 11.1 Å².